The number of rotatable bonds is 4. The Bertz CT molecular complexity index is 796. The van der Waals surface area contributed by atoms with Crippen LogP contribution in [0.5, 0.6) is 0 Å². The predicted molar refractivity (Wildman–Crippen MR) is 105 cm³/mol. The number of nitrogens with zero attached hydrogens (tertiary/aromatic N) is 3. The SMILES string of the molecule is C[C@H]1[C@@H](CN2CCCC2)N(C(=O)Cc2ccc(C(F)(F)F)cc2N)CCN1C(=O)O. The van der Waals surface area contributed by atoms with E-state index in [0.717, 1.165) is 38.1 Å². The summed E-state index contributed by atoms with van der Waals surface area (Å²) in [5.41, 5.74) is 5.19. The van der Waals surface area contributed by atoms with Gasteiger partial charge in [0, 0.05) is 25.3 Å². The molecular weight excluding hydrogens is 401 g/mol. The van der Waals surface area contributed by atoms with Crippen LogP contribution in [-0.2, 0) is 17.4 Å². The number of piperazine rings is 1. The minimum Gasteiger partial charge on any atom is -0.465 e. The molecule has 0 aliphatic carbocycles. The van der Waals surface area contributed by atoms with Gasteiger partial charge in [0.25, 0.3) is 0 Å². The first kappa shape index (κ1) is 22.2. The van der Waals surface area contributed by atoms with Gasteiger partial charge in [0.1, 0.15) is 0 Å². The van der Waals surface area contributed by atoms with Gasteiger partial charge in [0.15, 0.2) is 0 Å². The lowest BCUT2D eigenvalue weighted by atomic mass is 10.00. The van der Waals surface area contributed by atoms with Crippen LogP contribution < -0.4 is 5.73 Å². The van der Waals surface area contributed by atoms with Crippen LogP contribution in [0.1, 0.15) is 30.9 Å². The van der Waals surface area contributed by atoms with E-state index < -0.39 is 17.8 Å². The molecule has 2 aliphatic rings. The number of amides is 2. The molecule has 2 saturated heterocycles. The lowest BCUT2D eigenvalue weighted by Crippen LogP contribution is -2.64. The van der Waals surface area contributed by atoms with Gasteiger partial charge in [-0.25, -0.2) is 4.79 Å². The number of carboxylic acid groups (broad SMARTS) is 1. The molecule has 0 radical (unpaired) electrons. The second-order valence-electron chi connectivity index (χ2n) is 7.97. The molecule has 3 rings (SSSR count). The van der Waals surface area contributed by atoms with E-state index in [4.69, 9.17) is 5.73 Å². The summed E-state index contributed by atoms with van der Waals surface area (Å²) < 4.78 is 38.6. The number of benzene rings is 1. The molecule has 0 bridgehead atoms. The molecule has 2 atom stereocenters. The monoisotopic (exact) mass is 428 g/mol. The minimum absolute atomic E-state index is 0.0773. The fourth-order valence-electron chi connectivity index (χ4n) is 4.31. The Morgan fingerprint density at radius 3 is 2.33 bits per heavy atom. The third-order valence-electron chi connectivity index (χ3n) is 6.06. The maximum atomic E-state index is 13.1. The molecule has 0 aromatic heterocycles. The summed E-state index contributed by atoms with van der Waals surface area (Å²) in [7, 11) is 0. The highest BCUT2D eigenvalue weighted by molar-refractivity contribution is 5.81. The highest BCUT2D eigenvalue weighted by Crippen LogP contribution is 2.32. The van der Waals surface area contributed by atoms with Crippen molar-refractivity contribution in [3.05, 3.63) is 29.3 Å². The van der Waals surface area contributed by atoms with Crippen molar-refractivity contribution in [2.45, 2.75) is 44.4 Å². The zero-order valence-electron chi connectivity index (χ0n) is 16.9. The third kappa shape index (κ3) is 4.80. The molecule has 1 aromatic carbocycles. The first-order valence-corrected chi connectivity index (χ1v) is 10.0. The van der Waals surface area contributed by atoms with Crippen molar-refractivity contribution in [2.24, 2.45) is 0 Å². The summed E-state index contributed by atoms with van der Waals surface area (Å²) in [6.45, 7) is 4.62. The zero-order chi connectivity index (χ0) is 22.1. The van der Waals surface area contributed by atoms with E-state index in [0.29, 0.717) is 12.1 Å². The second-order valence-corrected chi connectivity index (χ2v) is 7.97. The number of nitrogens with two attached hydrogens (primary N) is 1. The standard InChI is InChI=1S/C20H27F3N4O3/c1-13-17(12-25-6-2-3-7-25)27(9-8-26(13)19(29)30)18(28)10-14-4-5-15(11-16(14)24)20(21,22)23/h4-5,11,13,17H,2-3,6-10,12,24H2,1H3,(H,29,30)/t13-,17+/m0/s1. The lowest BCUT2D eigenvalue weighted by Gasteiger charge is -2.46. The van der Waals surface area contributed by atoms with Gasteiger partial charge in [0.05, 0.1) is 24.1 Å². The van der Waals surface area contributed by atoms with Gasteiger partial charge >= 0.3 is 12.3 Å². The Labute approximate surface area is 173 Å². The Hall–Kier alpha value is -2.49. The Kier molecular flexibility index (Phi) is 6.44. The average Bonchev–Trinajstić information content (AvgIpc) is 3.16. The number of carbonyl (C=O) groups excluding carboxylic acids is 1. The molecule has 1 aromatic rings. The fourth-order valence-corrected chi connectivity index (χ4v) is 4.31. The van der Waals surface area contributed by atoms with E-state index in [-0.39, 0.29) is 43.2 Å². The van der Waals surface area contributed by atoms with E-state index in [1.807, 2.05) is 0 Å². The minimum atomic E-state index is -4.50. The summed E-state index contributed by atoms with van der Waals surface area (Å²) in [5.74, 6) is -0.262. The number of hydrogen-bond acceptors (Lipinski definition) is 4. The number of alkyl halides is 3. The van der Waals surface area contributed by atoms with Crippen molar-refractivity contribution in [1.29, 1.82) is 0 Å². The quantitative estimate of drug-likeness (QED) is 0.720. The highest BCUT2D eigenvalue weighted by Gasteiger charge is 2.39. The normalized spacial score (nSPS) is 23.1. The van der Waals surface area contributed by atoms with E-state index in [1.165, 1.54) is 11.0 Å². The second kappa shape index (κ2) is 8.71. The summed E-state index contributed by atoms with van der Waals surface area (Å²) in [6, 6.07) is 2.30. The van der Waals surface area contributed by atoms with Crippen molar-refractivity contribution in [3.63, 3.8) is 0 Å². The van der Waals surface area contributed by atoms with E-state index >= 15 is 0 Å². The van der Waals surface area contributed by atoms with Crippen molar-refractivity contribution >= 4 is 17.7 Å². The molecule has 0 unspecified atom stereocenters. The number of hydrogen-bond donors (Lipinski definition) is 2. The smallest absolute Gasteiger partial charge is 0.416 e. The van der Waals surface area contributed by atoms with Crippen LogP contribution in [0.2, 0.25) is 0 Å². The molecule has 166 valence electrons. The Morgan fingerprint density at radius 1 is 1.13 bits per heavy atom. The molecule has 10 heteroatoms. The van der Waals surface area contributed by atoms with Gasteiger partial charge in [-0.15, -0.1) is 0 Å². The zero-order valence-corrected chi connectivity index (χ0v) is 16.9. The summed E-state index contributed by atoms with van der Waals surface area (Å²) >= 11 is 0. The van der Waals surface area contributed by atoms with Crippen LogP contribution in [-0.4, -0.2) is 76.6 Å². The molecule has 7 nitrogen and oxygen atoms in total. The van der Waals surface area contributed by atoms with Gasteiger partial charge < -0.3 is 25.5 Å². The van der Waals surface area contributed by atoms with Crippen molar-refractivity contribution < 1.29 is 27.9 Å². The van der Waals surface area contributed by atoms with Crippen molar-refractivity contribution in [3.8, 4) is 0 Å². The van der Waals surface area contributed by atoms with Crippen LogP contribution in [0, 0.1) is 0 Å². The predicted octanol–water partition coefficient (Wildman–Crippen LogP) is 2.51. The van der Waals surface area contributed by atoms with E-state index in [9.17, 15) is 27.9 Å². The lowest BCUT2D eigenvalue weighted by molar-refractivity contribution is -0.137. The van der Waals surface area contributed by atoms with Crippen LogP contribution in [0.4, 0.5) is 23.7 Å². The summed E-state index contributed by atoms with van der Waals surface area (Å²) in [6.07, 6.45) is -3.51. The molecule has 30 heavy (non-hydrogen) atoms. The Morgan fingerprint density at radius 2 is 1.77 bits per heavy atom. The number of nitrogen functional groups attached to an aromatic ring is 1. The van der Waals surface area contributed by atoms with Gasteiger partial charge in [-0.3, -0.25) is 4.79 Å². The maximum Gasteiger partial charge on any atom is 0.416 e. The first-order chi connectivity index (χ1) is 14.1. The van der Waals surface area contributed by atoms with Crippen LogP contribution >= 0.6 is 0 Å². The fraction of sp³-hybridized carbons (Fsp3) is 0.600. The van der Waals surface area contributed by atoms with Crippen molar-refractivity contribution in [1.82, 2.24) is 14.7 Å². The number of likely N-dealkylation sites (tertiary alicyclic amines) is 1. The summed E-state index contributed by atoms with van der Waals surface area (Å²) in [5, 5.41) is 9.48. The van der Waals surface area contributed by atoms with Gasteiger partial charge in [-0.2, -0.15) is 13.2 Å². The third-order valence-corrected chi connectivity index (χ3v) is 6.06. The van der Waals surface area contributed by atoms with Gasteiger partial charge in [-0.05, 0) is 50.6 Å². The molecular formula is C20H27F3N4O3. The maximum absolute atomic E-state index is 13.1. The van der Waals surface area contributed by atoms with Gasteiger partial charge in [0.2, 0.25) is 5.91 Å². The largest absolute Gasteiger partial charge is 0.465 e. The van der Waals surface area contributed by atoms with Crippen LogP contribution in [0.15, 0.2) is 18.2 Å². The molecule has 3 N–H and O–H groups in total. The topological polar surface area (TPSA) is 90.1 Å². The molecule has 2 aliphatic heterocycles. The Balaban J connectivity index is 1.77. The number of carbonyl (C=O) groups is 2. The van der Waals surface area contributed by atoms with Gasteiger partial charge in [-0.1, -0.05) is 6.07 Å². The molecule has 2 fully saturated rings. The molecule has 2 amide bonds. The molecule has 0 spiro atoms. The van der Waals surface area contributed by atoms with Crippen LogP contribution in [0.3, 0.4) is 0 Å². The highest BCUT2D eigenvalue weighted by atomic mass is 19.4. The van der Waals surface area contributed by atoms with E-state index in [1.54, 1.807) is 11.8 Å². The molecule has 0 saturated carbocycles. The first-order valence-electron chi connectivity index (χ1n) is 10.0. The van der Waals surface area contributed by atoms with Crippen LogP contribution in [0.25, 0.3) is 0 Å². The average molecular weight is 428 g/mol. The van der Waals surface area contributed by atoms with Crippen molar-refractivity contribution in [2.75, 3.05) is 38.5 Å². The van der Waals surface area contributed by atoms with E-state index in [2.05, 4.69) is 4.90 Å². The number of halogens is 3. The number of anilines is 1. The summed E-state index contributed by atoms with van der Waals surface area (Å²) in [4.78, 5) is 29.9. The molecule has 2 heterocycles.